The van der Waals surface area contributed by atoms with E-state index in [1.54, 1.807) is 11.3 Å². The number of rotatable bonds is 15. The van der Waals surface area contributed by atoms with E-state index in [0.717, 1.165) is 73.1 Å². The van der Waals surface area contributed by atoms with Gasteiger partial charge in [0.25, 0.3) is 0 Å². The zero-order chi connectivity index (χ0) is 31.4. The first kappa shape index (κ1) is 34.3. The van der Waals surface area contributed by atoms with Crippen molar-refractivity contribution in [3.63, 3.8) is 0 Å². The zero-order valence-electron chi connectivity index (χ0n) is 26.2. The van der Waals surface area contributed by atoms with Crippen molar-refractivity contribution in [1.29, 1.82) is 0 Å². The quantitative estimate of drug-likeness (QED) is 0.186. The molecule has 3 amide bonds. The summed E-state index contributed by atoms with van der Waals surface area (Å²) in [5.41, 5.74) is 4.25. The average molecular weight is 609 g/mol. The molecule has 2 aromatic rings. The SMILES string of the molecule is C#CCCCCCCCCCC(=O)N[C@H](C(=O)N1C[C@H](O)C[C@H]1C(=O)NCc1ccc(-c2scnc2C)cc1)C(C)(C)C. The second kappa shape index (κ2) is 16.6. The van der Waals surface area contributed by atoms with Gasteiger partial charge < -0.3 is 20.6 Å². The second-order valence-corrected chi connectivity index (χ2v) is 13.5. The summed E-state index contributed by atoms with van der Waals surface area (Å²) in [6, 6.07) is 6.34. The van der Waals surface area contributed by atoms with Crippen molar-refractivity contribution < 1.29 is 19.5 Å². The molecule has 1 saturated heterocycles. The summed E-state index contributed by atoms with van der Waals surface area (Å²) in [6.07, 6.45) is 13.1. The molecule has 1 fully saturated rings. The summed E-state index contributed by atoms with van der Waals surface area (Å²) >= 11 is 1.59. The predicted octanol–water partition coefficient (Wildman–Crippen LogP) is 5.37. The molecule has 0 radical (unpaired) electrons. The van der Waals surface area contributed by atoms with Gasteiger partial charge in [0.05, 0.1) is 22.2 Å². The summed E-state index contributed by atoms with van der Waals surface area (Å²) < 4.78 is 0. The highest BCUT2D eigenvalue weighted by Gasteiger charge is 2.44. The van der Waals surface area contributed by atoms with Crippen LogP contribution in [0.15, 0.2) is 29.8 Å². The summed E-state index contributed by atoms with van der Waals surface area (Å²) in [5.74, 6) is 1.85. The number of aryl methyl sites for hydroxylation is 1. The van der Waals surface area contributed by atoms with Crippen molar-refractivity contribution in [2.24, 2.45) is 5.41 Å². The van der Waals surface area contributed by atoms with Gasteiger partial charge >= 0.3 is 0 Å². The van der Waals surface area contributed by atoms with E-state index < -0.39 is 23.6 Å². The summed E-state index contributed by atoms with van der Waals surface area (Å²) in [6.45, 7) is 8.04. The molecule has 3 rings (SSSR count). The molecule has 0 unspecified atom stereocenters. The third-order valence-electron chi connectivity index (χ3n) is 7.94. The normalized spacial score (nSPS) is 17.3. The Morgan fingerprint density at radius 3 is 2.35 bits per heavy atom. The van der Waals surface area contributed by atoms with Crippen LogP contribution in [0.1, 0.15) is 96.2 Å². The Kier molecular flexibility index (Phi) is 13.2. The number of carbonyl (C=O) groups excluding carboxylic acids is 3. The highest BCUT2D eigenvalue weighted by molar-refractivity contribution is 7.13. The molecule has 1 aliphatic rings. The van der Waals surface area contributed by atoms with E-state index >= 15 is 0 Å². The summed E-state index contributed by atoms with van der Waals surface area (Å²) in [4.78, 5) is 46.7. The Bertz CT molecular complexity index is 1240. The number of β-amino-alcohol motifs (C(OH)–C–C–N with tert-alkyl or cyclic N) is 1. The smallest absolute Gasteiger partial charge is 0.246 e. The van der Waals surface area contributed by atoms with Gasteiger partial charge in [-0.2, -0.15) is 0 Å². The Morgan fingerprint density at radius 1 is 1.09 bits per heavy atom. The molecule has 1 aromatic carbocycles. The average Bonchev–Trinajstić information content (AvgIpc) is 3.58. The third-order valence-corrected chi connectivity index (χ3v) is 8.91. The van der Waals surface area contributed by atoms with Gasteiger partial charge in [-0.25, -0.2) is 4.98 Å². The van der Waals surface area contributed by atoms with E-state index in [9.17, 15) is 19.5 Å². The number of benzene rings is 1. The molecular formula is C34H48N4O4S. The molecule has 0 spiro atoms. The third kappa shape index (κ3) is 10.5. The van der Waals surface area contributed by atoms with E-state index in [1.807, 2.05) is 57.5 Å². The molecule has 234 valence electrons. The number of terminal acetylenes is 1. The lowest BCUT2D eigenvalue weighted by atomic mass is 9.85. The molecule has 0 bridgehead atoms. The van der Waals surface area contributed by atoms with Crippen LogP contribution in [-0.2, 0) is 20.9 Å². The van der Waals surface area contributed by atoms with Crippen molar-refractivity contribution in [2.75, 3.05) is 6.54 Å². The minimum absolute atomic E-state index is 0.0591. The van der Waals surface area contributed by atoms with Crippen molar-refractivity contribution in [3.8, 4) is 22.8 Å². The van der Waals surface area contributed by atoms with Crippen LogP contribution in [0, 0.1) is 24.7 Å². The van der Waals surface area contributed by atoms with Crippen LogP contribution < -0.4 is 10.6 Å². The number of hydrogen-bond donors (Lipinski definition) is 3. The number of aromatic nitrogens is 1. The molecule has 1 aliphatic heterocycles. The number of likely N-dealkylation sites (tertiary alicyclic amines) is 1. The van der Waals surface area contributed by atoms with Gasteiger partial charge in [-0.05, 0) is 36.3 Å². The number of aliphatic hydroxyl groups is 1. The standard InChI is InChI=1S/C34H48N4O4S/c1-6-7-8-9-10-11-12-13-14-15-29(40)37-31(34(3,4)5)33(42)38-22-27(39)20-28(38)32(41)35-21-25-16-18-26(19-17-25)30-24(2)36-23-43-30/h1,16-19,23,27-28,31,39H,7-15,20-22H2,2-5H3,(H,35,41)(H,37,40)/t27-,28+,31-/m1/s1. The maximum Gasteiger partial charge on any atom is 0.246 e. The minimum atomic E-state index is -0.806. The van der Waals surface area contributed by atoms with Crippen LogP contribution in [-0.4, -0.2) is 57.4 Å². The molecule has 2 heterocycles. The summed E-state index contributed by atoms with van der Waals surface area (Å²) in [5, 5.41) is 16.3. The number of nitrogens with one attached hydrogen (secondary N) is 2. The van der Waals surface area contributed by atoms with Crippen LogP contribution in [0.2, 0.25) is 0 Å². The van der Waals surface area contributed by atoms with Gasteiger partial charge in [-0.1, -0.05) is 77.1 Å². The molecule has 1 aromatic heterocycles. The number of nitrogens with zero attached hydrogens (tertiary/aromatic N) is 2. The Morgan fingerprint density at radius 2 is 1.74 bits per heavy atom. The van der Waals surface area contributed by atoms with Crippen LogP contribution in [0.4, 0.5) is 0 Å². The molecule has 0 aliphatic carbocycles. The van der Waals surface area contributed by atoms with Gasteiger partial charge in [0.2, 0.25) is 17.7 Å². The second-order valence-electron chi connectivity index (χ2n) is 12.6. The van der Waals surface area contributed by atoms with Crippen molar-refractivity contribution in [1.82, 2.24) is 20.5 Å². The van der Waals surface area contributed by atoms with Gasteiger partial charge in [0.1, 0.15) is 12.1 Å². The highest BCUT2D eigenvalue weighted by Crippen LogP contribution is 2.28. The number of carbonyl (C=O) groups is 3. The maximum atomic E-state index is 13.8. The van der Waals surface area contributed by atoms with Crippen LogP contribution >= 0.6 is 11.3 Å². The Labute approximate surface area is 261 Å². The van der Waals surface area contributed by atoms with Gasteiger partial charge in [-0.3, -0.25) is 14.4 Å². The van der Waals surface area contributed by atoms with Crippen LogP contribution in [0.3, 0.4) is 0 Å². The van der Waals surface area contributed by atoms with Gasteiger partial charge in [-0.15, -0.1) is 23.7 Å². The molecule has 3 atom stereocenters. The first-order chi connectivity index (χ1) is 20.5. The lowest BCUT2D eigenvalue weighted by molar-refractivity contribution is -0.144. The monoisotopic (exact) mass is 608 g/mol. The number of aliphatic hydroxyl groups excluding tert-OH is 1. The number of thiazole rings is 1. The van der Waals surface area contributed by atoms with Crippen molar-refractivity contribution in [2.45, 2.75) is 117 Å². The number of unbranched alkanes of at least 4 members (excludes halogenated alkanes) is 7. The molecular weight excluding hydrogens is 560 g/mol. The maximum absolute atomic E-state index is 13.8. The fourth-order valence-corrected chi connectivity index (χ4v) is 6.22. The minimum Gasteiger partial charge on any atom is -0.391 e. The van der Waals surface area contributed by atoms with Gasteiger partial charge in [0, 0.05) is 32.4 Å². The molecule has 8 nitrogen and oxygen atoms in total. The van der Waals surface area contributed by atoms with E-state index in [2.05, 4.69) is 21.5 Å². The number of hydrogen-bond acceptors (Lipinski definition) is 6. The van der Waals surface area contributed by atoms with E-state index in [4.69, 9.17) is 6.42 Å². The first-order valence-electron chi connectivity index (χ1n) is 15.5. The summed E-state index contributed by atoms with van der Waals surface area (Å²) in [7, 11) is 0. The zero-order valence-corrected chi connectivity index (χ0v) is 27.0. The van der Waals surface area contributed by atoms with Crippen molar-refractivity contribution in [3.05, 3.63) is 41.0 Å². The van der Waals surface area contributed by atoms with E-state index in [-0.39, 0.29) is 30.7 Å². The fourth-order valence-electron chi connectivity index (χ4n) is 5.41. The predicted molar refractivity (Wildman–Crippen MR) is 172 cm³/mol. The Balaban J connectivity index is 1.52. The first-order valence-corrected chi connectivity index (χ1v) is 16.4. The topological polar surface area (TPSA) is 112 Å². The molecule has 0 saturated carbocycles. The lowest BCUT2D eigenvalue weighted by Crippen LogP contribution is -2.57. The highest BCUT2D eigenvalue weighted by atomic mass is 32.1. The molecule has 3 N–H and O–H groups in total. The lowest BCUT2D eigenvalue weighted by Gasteiger charge is -2.35. The number of amides is 3. The van der Waals surface area contributed by atoms with Gasteiger partial charge in [0.15, 0.2) is 0 Å². The largest absolute Gasteiger partial charge is 0.391 e. The molecule has 9 heteroatoms. The Hall–Kier alpha value is -3.22. The van der Waals surface area contributed by atoms with Crippen LogP contribution in [0.25, 0.3) is 10.4 Å². The fraction of sp³-hybridized carbons (Fsp3) is 0.588. The van der Waals surface area contributed by atoms with E-state index in [1.165, 1.54) is 4.90 Å². The van der Waals surface area contributed by atoms with Crippen molar-refractivity contribution >= 4 is 29.1 Å². The van der Waals surface area contributed by atoms with Crippen LogP contribution in [0.5, 0.6) is 0 Å². The van der Waals surface area contributed by atoms with E-state index in [0.29, 0.717) is 13.0 Å². The molecule has 43 heavy (non-hydrogen) atoms.